The number of amides is 1. The first-order valence-electron chi connectivity index (χ1n) is 34.2. The lowest BCUT2D eigenvalue weighted by Gasteiger charge is -2.19. The minimum atomic E-state index is -0.862. The highest BCUT2D eigenvalue weighted by atomic mass is 16.3. The summed E-state index contributed by atoms with van der Waals surface area (Å²) in [5.41, 5.74) is 0. The molecule has 4 nitrogen and oxygen atoms in total. The quantitative estimate of drug-likeness (QED) is 0.0420. The van der Waals surface area contributed by atoms with Crippen LogP contribution in [0.3, 0.4) is 0 Å². The first-order valence-corrected chi connectivity index (χ1v) is 34.2. The molecule has 0 radical (unpaired) electrons. The van der Waals surface area contributed by atoms with Gasteiger partial charge in [-0.3, -0.25) is 4.79 Å². The van der Waals surface area contributed by atoms with E-state index < -0.39 is 12.1 Å². The van der Waals surface area contributed by atoms with Gasteiger partial charge >= 0.3 is 0 Å². The van der Waals surface area contributed by atoms with Gasteiger partial charge in [-0.25, -0.2) is 0 Å². The van der Waals surface area contributed by atoms with Gasteiger partial charge in [-0.15, -0.1) is 0 Å². The number of aliphatic hydroxyl groups is 2. The molecule has 0 bridgehead atoms. The highest BCUT2D eigenvalue weighted by molar-refractivity contribution is 5.76. The van der Waals surface area contributed by atoms with Crippen molar-refractivity contribution in [1.82, 2.24) is 5.32 Å². The highest BCUT2D eigenvalue weighted by Crippen LogP contribution is 2.19. The predicted octanol–water partition coefficient (Wildman–Crippen LogP) is 23.2. The SMILES string of the molecule is CCCCCCCCCCCCCCCCCCC/C=C/CC/C=C/C(O)C(CO)NC(=O)CCCCCCCCCCCCCCCCCCC/C=C\CCCCCCCCCCCCCCCCCCCC. The van der Waals surface area contributed by atoms with E-state index in [4.69, 9.17) is 0 Å². The van der Waals surface area contributed by atoms with Crippen LogP contribution in [0.25, 0.3) is 0 Å². The molecule has 0 rings (SSSR count). The van der Waals surface area contributed by atoms with Crippen molar-refractivity contribution in [1.29, 1.82) is 0 Å². The van der Waals surface area contributed by atoms with Gasteiger partial charge in [0, 0.05) is 6.42 Å². The highest BCUT2D eigenvalue weighted by Gasteiger charge is 2.18. The molecule has 74 heavy (non-hydrogen) atoms. The second-order valence-electron chi connectivity index (χ2n) is 23.6. The Morgan fingerprint density at radius 2 is 0.527 bits per heavy atom. The van der Waals surface area contributed by atoms with Gasteiger partial charge in [-0.1, -0.05) is 359 Å². The summed E-state index contributed by atoms with van der Waals surface area (Å²) >= 11 is 0. The van der Waals surface area contributed by atoms with Gasteiger partial charge in [0.15, 0.2) is 0 Å². The molecule has 0 heterocycles. The molecule has 2 unspecified atom stereocenters. The fourth-order valence-corrected chi connectivity index (χ4v) is 10.9. The summed E-state index contributed by atoms with van der Waals surface area (Å²) in [6.45, 7) is 4.34. The maximum absolute atomic E-state index is 12.5. The predicted molar refractivity (Wildman–Crippen MR) is 332 cm³/mol. The third kappa shape index (κ3) is 61.5. The molecule has 0 fully saturated rings. The molecule has 0 aliphatic heterocycles. The van der Waals surface area contributed by atoms with E-state index in [9.17, 15) is 15.0 Å². The molecule has 0 saturated carbocycles. The van der Waals surface area contributed by atoms with Crippen LogP contribution in [0.15, 0.2) is 36.5 Å². The topological polar surface area (TPSA) is 69.6 Å². The van der Waals surface area contributed by atoms with Gasteiger partial charge in [0.2, 0.25) is 5.91 Å². The zero-order valence-electron chi connectivity index (χ0n) is 50.6. The molecular formula is C70H135NO3. The standard InChI is InChI=1S/C70H135NO3/c1-3-5-7-9-11-13-15-17-19-21-23-25-27-28-29-30-31-32-33-34-35-36-37-38-39-40-41-42-44-46-48-50-52-54-56-58-60-62-64-66-70(74)71-68(67-72)69(73)65-63-61-59-57-55-53-51-49-47-45-43-26-24-22-20-18-16-14-12-10-8-6-4-2/h34-35,55,57,63,65,68-69,72-73H,3-33,36-54,56,58-62,64,66-67H2,1-2H3,(H,71,74)/b35-34-,57-55+,65-63+. The van der Waals surface area contributed by atoms with Crippen LogP contribution < -0.4 is 5.32 Å². The number of carbonyl (C=O) groups is 1. The van der Waals surface area contributed by atoms with Crippen LogP contribution in [-0.4, -0.2) is 34.9 Å². The van der Waals surface area contributed by atoms with Crippen molar-refractivity contribution in [2.45, 2.75) is 398 Å². The Bertz CT molecular complexity index is 1130. The van der Waals surface area contributed by atoms with Crippen LogP contribution in [0.2, 0.25) is 0 Å². The molecule has 0 aliphatic carbocycles. The van der Waals surface area contributed by atoms with Gasteiger partial charge in [-0.05, 0) is 57.8 Å². The van der Waals surface area contributed by atoms with E-state index in [1.54, 1.807) is 6.08 Å². The number of aliphatic hydroxyl groups excluding tert-OH is 2. The molecule has 4 heteroatoms. The third-order valence-electron chi connectivity index (χ3n) is 16.1. The zero-order valence-corrected chi connectivity index (χ0v) is 50.6. The van der Waals surface area contributed by atoms with Crippen molar-refractivity contribution < 1.29 is 15.0 Å². The average Bonchev–Trinajstić information content (AvgIpc) is 3.40. The van der Waals surface area contributed by atoms with Gasteiger partial charge in [0.05, 0.1) is 18.8 Å². The summed E-state index contributed by atoms with van der Waals surface area (Å²) in [6, 6.07) is -0.639. The molecule has 0 spiro atoms. The Morgan fingerprint density at radius 1 is 0.311 bits per heavy atom. The lowest BCUT2D eigenvalue weighted by molar-refractivity contribution is -0.123. The molecule has 0 saturated heterocycles. The van der Waals surface area contributed by atoms with Crippen molar-refractivity contribution in [3.8, 4) is 0 Å². The van der Waals surface area contributed by atoms with E-state index in [1.165, 1.54) is 334 Å². The number of hydrogen-bond donors (Lipinski definition) is 3. The summed E-state index contributed by atoms with van der Waals surface area (Å²) in [7, 11) is 0. The fourth-order valence-electron chi connectivity index (χ4n) is 10.9. The van der Waals surface area contributed by atoms with Crippen molar-refractivity contribution in [2.75, 3.05) is 6.61 Å². The van der Waals surface area contributed by atoms with Crippen molar-refractivity contribution in [3.05, 3.63) is 36.5 Å². The number of carbonyl (C=O) groups excluding carboxylic acids is 1. The minimum absolute atomic E-state index is 0.0667. The molecule has 3 N–H and O–H groups in total. The van der Waals surface area contributed by atoms with Crippen molar-refractivity contribution in [2.24, 2.45) is 0 Å². The van der Waals surface area contributed by atoms with E-state index in [-0.39, 0.29) is 12.5 Å². The number of rotatable bonds is 64. The molecule has 438 valence electrons. The number of allylic oxidation sites excluding steroid dienone is 5. The van der Waals surface area contributed by atoms with E-state index >= 15 is 0 Å². The molecule has 0 aromatic heterocycles. The first-order chi connectivity index (χ1) is 36.7. The van der Waals surface area contributed by atoms with E-state index in [0.717, 1.165) is 32.1 Å². The fraction of sp³-hybridized carbons (Fsp3) is 0.900. The number of unbranched alkanes of at least 4 members (excludes halogenated alkanes) is 53. The Labute approximate surface area is 465 Å². The van der Waals surface area contributed by atoms with Crippen LogP contribution in [-0.2, 0) is 4.79 Å². The van der Waals surface area contributed by atoms with E-state index in [1.807, 2.05) is 6.08 Å². The van der Waals surface area contributed by atoms with E-state index in [0.29, 0.717) is 6.42 Å². The molecule has 0 aromatic rings. The van der Waals surface area contributed by atoms with Crippen LogP contribution >= 0.6 is 0 Å². The summed E-state index contributed by atoms with van der Waals surface area (Å²) in [5.74, 6) is -0.0667. The summed E-state index contributed by atoms with van der Waals surface area (Å²) < 4.78 is 0. The van der Waals surface area contributed by atoms with Gasteiger partial charge < -0.3 is 15.5 Å². The third-order valence-corrected chi connectivity index (χ3v) is 16.1. The van der Waals surface area contributed by atoms with Crippen LogP contribution in [0.5, 0.6) is 0 Å². The lowest BCUT2D eigenvalue weighted by atomic mass is 10.0. The maximum atomic E-state index is 12.5. The summed E-state index contributed by atoms with van der Waals surface area (Å²) in [5, 5.41) is 23.2. The van der Waals surface area contributed by atoms with E-state index in [2.05, 4.69) is 43.5 Å². The molecule has 2 atom stereocenters. The smallest absolute Gasteiger partial charge is 0.220 e. The summed E-state index contributed by atoms with van der Waals surface area (Å²) in [4.78, 5) is 12.5. The Kier molecular flexibility index (Phi) is 64.7. The largest absolute Gasteiger partial charge is 0.394 e. The zero-order chi connectivity index (χ0) is 53.4. The maximum Gasteiger partial charge on any atom is 0.220 e. The molecule has 0 aromatic carbocycles. The number of hydrogen-bond acceptors (Lipinski definition) is 3. The lowest BCUT2D eigenvalue weighted by Crippen LogP contribution is -2.45. The van der Waals surface area contributed by atoms with Gasteiger partial charge in [-0.2, -0.15) is 0 Å². The minimum Gasteiger partial charge on any atom is -0.394 e. The average molecular weight is 1040 g/mol. The normalized spacial score (nSPS) is 12.9. The number of nitrogens with one attached hydrogen (secondary N) is 1. The van der Waals surface area contributed by atoms with Gasteiger partial charge in [0.25, 0.3) is 0 Å². The Balaban J connectivity index is 3.42. The second kappa shape index (κ2) is 65.9. The van der Waals surface area contributed by atoms with Crippen LogP contribution in [0, 0.1) is 0 Å². The van der Waals surface area contributed by atoms with Gasteiger partial charge in [0.1, 0.15) is 0 Å². The Morgan fingerprint density at radius 3 is 0.784 bits per heavy atom. The van der Waals surface area contributed by atoms with Crippen molar-refractivity contribution >= 4 is 5.91 Å². The molecule has 0 aliphatic rings. The van der Waals surface area contributed by atoms with Crippen LogP contribution in [0.4, 0.5) is 0 Å². The van der Waals surface area contributed by atoms with Crippen LogP contribution in [0.1, 0.15) is 386 Å². The second-order valence-corrected chi connectivity index (χ2v) is 23.6. The molecule has 1 amide bonds. The first kappa shape index (κ1) is 72.6. The Hall–Kier alpha value is -1.39. The molecular weight excluding hydrogens is 903 g/mol. The summed E-state index contributed by atoms with van der Waals surface area (Å²) in [6.07, 6.45) is 91.0. The monoisotopic (exact) mass is 1040 g/mol. The van der Waals surface area contributed by atoms with Crippen molar-refractivity contribution in [3.63, 3.8) is 0 Å².